The summed E-state index contributed by atoms with van der Waals surface area (Å²) in [6, 6.07) is 3.77. The van der Waals surface area contributed by atoms with Crippen LogP contribution in [0, 0.1) is 5.92 Å². The second kappa shape index (κ2) is 6.54. The van der Waals surface area contributed by atoms with Gasteiger partial charge in [0.2, 0.25) is 0 Å². The third-order valence-corrected chi connectivity index (χ3v) is 4.14. The Bertz CT molecular complexity index is 595. The molecule has 1 aromatic rings. The van der Waals surface area contributed by atoms with Crippen LogP contribution in [-0.2, 0) is 7.05 Å². The summed E-state index contributed by atoms with van der Waals surface area (Å²) in [6.45, 7) is 0. The van der Waals surface area contributed by atoms with E-state index in [1.807, 2.05) is 0 Å². The highest BCUT2D eigenvalue weighted by molar-refractivity contribution is 5.92. The Morgan fingerprint density at radius 3 is 2.68 bits per heavy atom. The molecular formula is C15H19F3N2O2. The summed E-state index contributed by atoms with van der Waals surface area (Å²) in [5.74, 6) is -1.10. The molecule has 0 unspecified atom stereocenters. The maximum absolute atomic E-state index is 12.6. The topological polar surface area (TPSA) is 51.1 Å². The average molecular weight is 316 g/mol. The minimum Gasteiger partial charge on any atom is -0.348 e. The molecule has 0 aliphatic heterocycles. The Kier molecular flexibility index (Phi) is 4.93. The highest BCUT2D eigenvalue weighted by Crippen LogP contribution is 2.34. The summed E-state index contributed by atoms with van der Waals surface area (Å²) < 4.78 is 39.1. The van der Waals surface area contributed by atoms with E-state index in [1.165, 1.54) is 29.8 Å². The van der Waals surface area contributed by atoms with Crippen LogP contribution < -0.4 is 10.9 Å². The number of rotatable bonds is 3. The highest BCUT2D eigenvalue weighted by atomic mass is 19.4. The molecule has 0 bridgehead atoms. The first kappa shape index (κ1) is 16.6. The zero-order chi connectivity index (χ0) is 16.3. The van der Waals surface area contributed by atoms with Crippen molar-refractivity contribution in [3.63, 3.8) is 0 Å². The van der Waals surface area contributed by atoms with E-state index in [-0.39, 0.29) is 11.3 Å². The van der Waals surface area contributed by atoms with Crippen molar-refractivity contribution in [1.29, 1.82) is 0 Å². The van der Waals surface area contributed by atoms with Crippen LogP contribution in [0.5, 0.6) is 0 Å². The van der Waals surface area contributed by atoms with E-state index in [2.05, 4.69) is 5.32 Å². The van der Waals surface area contributed by atoms with Crippen LogP contribution in [0.25, 0.3) is 0 Å². The molecule has 1 aliphatic carbocycles. The standard InChI is InChI=1S/C15H19F3N2O2/c1-20-12(7-4-8-13(20)21)14(22)19-11-6-3-2-5-10(11)9-15(16,17)18/h4,7-8,10-11H,2-3,5-6,9H2,1H3,(H,19,22)/t10-,11-/m0/s1. The number of hydrogen-bond acceptors (Lipinski definition) is 2. The Labute approximate surface area is 126 Å². The molecule has 0 spiro atoms. The van der Waals surface area contributed by atoms with Crippen LogP contribution in [-0.4, -0.2) is 22.7 Å². The molecule has 1 heterocycles. The fraction of sp³-hybridized carbons (Fsp3) is 0.600. The minimum atomic E-state index is -4.23. The fourth-order valence-corrected chi connectivity index (χ4v) is 2.97. The molecule has 1 amide bonds. The molecule has 1 saturated carbocycles. The lowest BCUT2D eigenvalue weighted by Crippen LogP contribution is -2.44. The molecule has 0 saturated heterocycles. The lowest BCUT2D eigenvalue weighted by molar-refractivity contribution is -0.148. The van der Waals surface area contributed by atoms with E-state index in [0.717, 1.165) is 12.8 Å². The molecular weight excluding hydrogens is 297 g/mol. The molecule has 22 heavy (non-hydrogen) atoms. The van der Waals surface area contributed by atoms with Gasteiger partial charge in [0, 0.05) is 25.6 Å². The number of carbonyl (C=O) groups is 1. The first-order valence-corrected chi connectivity index (χ1v) is 7.31. The van der Waals surface area contributed by atoms with Gasteiger partial charge in [0.25, 0.3) is 11.5 Å². The molecule has 2 atom stereocenters. The normalized spacial score (nSPS) is 22.4. The zero-order valence-electron chi connectivity index (χ0n) is 12.3. The SMILES string of the molecule is Cn1c(C(=O)N[C@H]2CCCC[C@H]2CC(F)(F)F)cccc1=O. The number of nitrogens with one attached hydrogen (secondary N) is 1. The van der Waals surface area contributed by atoms with Gasteiger partial charge >= 0.3 is 6.18 Å². The van der Waals surface area contributed by atoms with Crippen molar-refractivity contribution >= 4 is 5.91 Å². The van der Waals surface area contributed by atoms with Gasteiger partial charge in [-0.05, 0) is 24.8 Å². The molecule has 1 aliphatic rings. The number of pyridine rings is 1. The largest absolute Gasteiger partial charge is 0.389 e. The van der Waals surface area contributed by atoms with Crippen molar-refractivity contribution in [2.45, 2.75) is 44.3 Å². The second-order valence-corrected chi connectivity index (χ2v) is 5.75. The lowest BCUT2D eigenvalue weighted by Gasteiger charge is -2.32. The fourth-order valence-electron chi connectivity index (χ4n) is 2.97. The van der Waals surface area contributed by atoms with Gasteiger partial charge in [0.05, 0.1) is 0 Å². The molecule has 7 heteroatoms. The van der Waals surface area contributed by atoms with Crippen LogP contribution >= 0.6 is 0 Å². The van der Waals surface area contributed by atoms with E-state index in [0.29, 0.717) is 12.8 Å². The van der Waals surface area contributed by atoms with Gasteiger partial charge in [-0.3, -0.25) is 9.59 Å². The Balaban J connectivity index is 2.11. The number of carbonyl (C=O) groups excluding carboxylic acids is 1. The summed E-state index contributed by atoms with van der Waals surface area (Å²) >= 11 is 0. The first-order chi connectivity index (χ1) is 10.3. The predicted octanol–water partition coefficient (Wildman–Crippen LogP) is 2.63. The second-order valence-electron chi connectivity index (χ2n) is 5.75. The van der Waals surface area contributed by atoms with Crippen LogP contribution in [0.1, 0.15) is 42.6 Å². The summed E-state index contributed by atoms with van der Waals surface area (Å²) in [5, 5.41) is 2.68. The number of halogens is 3. The van der Waals surface area contributed by atoms with E-state index in [1.54, 1.807) is 0 Å². The zero-order valence-corrected chi connectivity index (χ0v) is 12.3. The summed E-state index contributed by atoms with van der Waals surface area (Å²) in [5.41, 5.74) is -0.174. The lowest BCUT2D eigenvalue weighted by atomic mass is 9.82. The van der Waals surface area contributed by atoms with Gasteiger partial charge in [-0.25, -0.2) is 0 Å². The molecule has 0 aromatic carbocycles. The van der Waals surface area contributed by atoms with Gasteiger partial charge in [-0.2, -0.15) is 13.2 Å². The highest BCUT2D eigenvalue weighted by Gasteiger charge is 2.37. The van der Waals surface area contributed by atoms with Gasteiger partial charge in [0.15, 0.2) is 0 Å². The van der Waals surface area contributed by atoms with Crippen molar-refractivity contribution in [2.75, 3.05) is 0 Å². The minimum absolute atomic E-state index is 0.156. The Hall–Kier alpha value is -1.79. The Morgan fingerprint density at radius 1 is 1.32 bits per heavy atom. The van der Waals surface area contributed by atoms with Gasteiger partial charge in [-0.15, -0.1) is 0 Å². The van der Waals surface area contributed by atoms with Crippen molar-refractivity contribution < 1.29 is 18.0 Å². The average Bonchev–Trinajstić information content (AvgIpc) is 2.42. The molecule has 4 nitrogen and oxygen atoms in total. The Morgan fingerprint density at radius 2 is 2.00 bits per heavy atom. The third kappa shape index (κ3) is 4.11. The first-order valence-electron chi connectivity index (χ1n) is 7.31. The number of hydrogen-bond donors (Lipinski definition) is 1. The number of alkyl halides is 3. The molecule has 1 N–H and O–H groups in total. The monoisotopic (exact) mass is 316 g/mol. The van der Waals surface area contributed by atoms with Crippen LogP contribution in [0.2, 0.25) is 0 Å². The summed E-state index contributed by atoms with van der Waals surface area (Å²) in [4.78, 5) is 23.8. The smallest absolute Gasteiger partial charge is 0.348 e. The number of aromatic nitrogens is 1. The number of amides is 1. The molecule has 122 valence electrons. The van der Waals surface area contributed by atoms with E-state index < -0.39 is 30.5 Å². The quantitative estimate of drug-likeness (QED) is 0.932. The van der Waals surface area contributed by atoms with E-state index >= 15 is 0 Å². The molecule has 2 rings (SSSR count). The van der Waals surface area contributed by atoms with Crippen LogP contribution in [0.3, 0.4) is 0 Å². The maximum Gasteiger partial charge on any atom is 0.389 e. The third-order valence-electron chi connectivity index (χ3n) is 4.14. The molecule has 1 aromatic heterocycles. The maximum atomic E-state index is 12.6. The van der Waals surface area contributed by atoms with Gasteiger partial charge in [-0.1, -0.05) is 18.9 Å². The van der Waals surface area contributed by atoms with Gasteiger partial charge in [0.1, 0.15) is 5.69 Å². The van der Waals surface area contributed by atoms with Crippen molar-refractivity contribution in [2.24, 2.45) is 13.0 Å². The van der Waals surface area contributed by atoms with Crippen molar-refractivity contribution in [3.05, 3.63) is 34.2 Å². The van der Waals surface area contributed by atoms with Crippen LogP contribution in [0.15, 0.2) is 23.0 Å². The van der Waals surface area contributed by atoms with E-state index in [4.69, 9.17) is 0 Å². The van der Waals surface area contributed by atoms with Crippen molar-refractivity contribution in [1.82, 2.24) is 9.88 Å². The summed E-state index contributed by atoms with van der Waals surface area (Å²) in [6.07, 6.45) is -2.58. The predicted molar refractivity (Wildman–Crippen MR) is 75.6 cm³/mol. The van der Waals surface area contributed by atoms with Crippen LogP contribution in [0.4, 0.5) is 13.2 Å². The van der Waals surface area contributed by atoms with Crippen molar-refractivity contribution in [3.8, 4) is 0 Å². The molecule has 0 radical (unpaired) electrons. The van der Waals surface area contributed by atoms with Gasteiger partial charge < -0.3 is 9.88 Å². The summed E-state index contributed by atoms with van der Waals surface area (Å²) in [7, 11) is 1.46. The van der Waals surface area contributed by atoms with E-state index in [9.17, 15) is 22.8 Å². The number of nitrogens with zero attached hydrogens (tertiary/aromatic N) is 1. The molecule has 1 fully saturated rings.